The van der Waals surface area contributed by atoms with Gasteiger partial charge in [0.2, 0.25) is 11.2 Å². The molecular formula is C18H25NO2. The van der Waals surface area contributed by atoms with Crippen molar-refractivity contribution in [1.29, 1.82) is 0 Å². The molecule has 0 spiro atoms. The van der Waals surface area contributed by atoms with Gasteiger partial charge in [-0.1, -0.05) is 57.6 Å². The fraction of sp³-hybridized carbons (Fsp3) is 0.500. The van der Waals surface area contributed by atoms with Crippen LogP contribution < -0.4 is 4.73 Å². The molecule has 0 aliphatic rings. The Bertz CT molecular complexity index is 581. The van der Waals surface area contributed by atoms with Gasteiger partial charge in [-0.25, -0.2) is 0 Å². The van der Waals surface area contributed by atoms with Gasteiger partial charge in [0.05, 0.1) is 5.39 Å². The van der Waals surface area contributed by atoms with Crippen LogP contribution in [0.1, 0.15) is 57.6 Å². The maximum Gasteiger partial charge on any atom is 0.235 e. The van der Waals surface area contributed by atoms with E-state index in [4.69, 9.17) is 0 Å². The molecule has 0 saturated carbocycles. The molecule has 3 nitrogen and oxygen atoms in total. The van der Waals surface area contributed by atoms with E-state index < -0.39 is 0 Å². The van der Waals surface area contributed by atoms with Crippen LogP contribution in [0.25, 0.3) is 10.9 Å². The molecule has 0 bridgehead atoms. The fourth-order valence-corrected chi connectivity index (χ4v) is 2.75. The number of nitrogens with zero attached hydrogens (tertiary/aromatic N) is 1. The smallest absolute Gasteiger partial charge is 0.235 e. The van der Waals surface area contributed by atoms with Crippen LogP contribution in [0.4, 0.5) is 0 Å². The molecule has 21 heavy (non-hydrogen) atoms. The number of unbranched alkanes of at least 4 members (excludes halogenated alkanes) is 6. The summed E-state index contributed by atoms with van der Waals surface area (Å²) in [6.45, 7) is 2.22. The van der Waals surface area contributed by atoms with Crippen molar-refractivity contribution in [3.63, 3.8) is 0 Å². The average Bonchev–Trinajstić information content (AvgIpc) is 2.49. The molecule has 1 aromatic carbocycles. The minimum absolute atomic E-state index is 0.120. The Hall–Kier alpha value is -1.77. The predicted molar refractivity (Wildman–Crippen MR) is 86.3 cm³/mol. The van der Waals surface area contributed by atoms with E-state index in [0.29, 0.717) is 17.6 Å². The molecule has 2 aromatic rings. The van der Waals surface area contributed by atoms with E-state index >= 15 is 0 Å². The van der Waals surface area contributed by atoms with Crippen molar-refractivity contribution in [2.24, 2.45) is 0 Å². The largest absolute Gasteiger partial charge is 0.618 e. The van der Waals surface area contributed by atoms with Crippen molar-refractivity contribution in [2.45, 2.75) is 58.3 Å². The van der Waals surface area contributed by atoms with E-state index in [1.54, 1.807) is 12.1 Å². The highest BCUT2D eigenvalue weighted by molar-refractivity contribution is 5.77. The standard InChI is InChI=1S/C18H25NO2/c1-2-3-4-5-6-7-8-13-17-18(20)14-15-11-9-10-12-16(15)19(17)21/h9-12,14,20H,2-8,13H2,1H3. The second kappa shape index (κ2) is 7.87. The van der Waals surface area contributed by atoms with Crippen molar-refractivity contribution < 1.29 is 9.84 Å². The van der Waals surface area contributed by atoms with Crippen molar-refractivity contribution in [1.82, 2.24) is 0 Å². The topological polar surface area (TPSA) is 47.2 Å². The summed E-state index contributed by atoms with van der Waals surface area (Å²) in [7, 11) is 0. The SMILES string of the molecule is CCCCCCCCCc1c(O)cc2ccccc2[n+]1[O-]. The summed E-state index contributed by atoms with van der Waals surface area (Å²) in [5.74, 6) is 0.120. The van der Waals surface area contributed by atoms with Gasteiger partial charge in [0, 0.05) is 18.6 Å². The van der Waals surface area contributed by atoms with Crippen LogP contribution >= 0.6 is 0 Å². The van der Waals surface area contributed by atoms with Gasteiger partial charge in [-0.3, -0.25) is 0 Å². The monoisotopic (exact) mass is 287 g/mol. The van der Waals surface area contributed by atoms with Crippen LogP contribution in [0, 0.1) is 5.21 Å². The molecule has 0 aliphatic carbocycles. The molecule has 3 heteroatoms. The van der Waals surface area contributed by atoms with Gasteiger partial charge in [-0.15, -0.1) is 0 Å². The lowest BCUT2D eigenvalue weighted by Gasteiger charge is -2.09. The lowest BCUT2D eigenvalue weighted by molar-refractivity contribution is -0.586. The Morgan fingerprint density at radius 1 is 1.00 bits per heavy atom. The first-order valence-corrected chi connectivity index (χ1v) is 8.07. The van der Waals surface area contributed by atoms with Crippen LogP contribution in [0.15, 0.2) is 30.3 Å². The fourth-order valence-electron chi connectivity index (χ4n) is 2.75. The first-order valence-electron chi connectivity index (χ1n) is 8.07. The second-order valence-corrected chi connectivity index (χ2v) is 5.70. The third kappa shape index (κ3) is 4.10. The molecule has 2 rings (SSSR count). The van der Waals surface area contributed by atoms with Crippen LogP contribution in [-0.4, -0.2) is 5.11 Å². The van der Waals surface area contributed by atoms with Gasteiger partial charge in [-0.2, -0.15) is 4.73 Å². The molecule has 114 valence electrons. The number of aromatic hydroxyl groups is 1. The first-order chi connectivity index (χ1) is 10.2. The summed E-state index contributed by atoms with van der Waals surface area (Å²) in [6, 6.07) is 9.07. The zero-order valence-corrected chi connectivity index (χ0v) is 12.8. The van der Waals surface area contributed by atoms with E-state index in [1.165, 1.54) is 32.1 Å². The van der Waals surface area contributed by atoms with Crippen LogP contribution in [-0.2, 0) is 6.42 Å². The van der Waals surface area contributed by atoms with E-state index in [0.717, 1.165) is 23.0 Å². The van der Waals surface area contributed by atoms with Gasteiger partial charge in [-0.05, 0) is 12.5 Å². The summed E-state index contributed by atoms with van der Waals surface area (Å²) < 4.78 is 0.891. The molecule has 1 aromatic heterocycles. The number of rotatable bonds is 8. The molecule has 0 saturated heterocycles. The number of hydrogen-bond acceptors (Lipinski definition) is 2. The summed E-state index contributed by atoms with van der Waals surface area (Å²) in [4.78, 5) is 0. The number of aromatic nitrogens is 1. The predicted octanol–water partition coefficient (Wildman–Crippen LogP) is 4.47. The maximum atomic E-state index is 12.3. The first kappa shape index (κ1) is 15.6. The van der Waals surface area contributed by atoms with E-state index in [1.807, 2.05) is 18.2 Å². The molecule has 1 N–H and O–H groups in total. The molecule has 0 unspecified atom stereocenters. The normalized spacial score (nSPS) is 11.1. The summed E-state index contributed by atoms with van der Waals surface area (Å²) >= 11 is 0. The lowest BCUT2D eigenvalue weighted by Crippen LogP contribution is -2.32. The van der Waals surface area contributed by atoms with Gasteiger partial charge in [0.15, 0.2) is 5.75 Å². The number of fused-ring (bicyclic) bond motifs is 1. The third-order valence-corrected chi connectivity index (χ3v) is 4.01. The molecule has 0 atom stereocenters. The zero-order valence-electron chi connectivity index (χ0n) is 12.8. The molecule has 0 radical (unpaired) electrons. The Morgan fingerprint density at radius 2 is 1.67 bits per heavy atom. The Labute approximate surface area is 126 Å². The zero-order chi connectivity index (χ0) is 15.1. The molecule has 0 amide bonds. The highest BCUT2D eigenvalue weighted by Gasteiger charge is 2.15. The van der Waals surface area contributed by atoms with Gasteiger partial charge in [0.25, 0.3) is 0 Å². The van der Waals surface area contributed by atoms with Gasteiger partial charge >= 0.3 is 0 Å². The number of benzene rings is 1. The Balaban J connectivity index is 1.93. The molecule has 0 fully saturated rings. The highest BCUT2D eigenvalue weighted by Crippen LogP contribution is 2.22. The van der Waals surface area contributed by atoms with E-state index in [2.05, 4.69) is 6.92 Å². The molecule has 1 heterocycles. The van der Waals surface area contributed by atoms with Crippen molar-refractivity contribution in [2.75, 3.05) is 0 Å². The van der Waals surface area contributed by atoms with Crippen molar-refractivity contribution in [3.8, 4) is 5.75 Å². The minimum atomic E-state index is 0.120. The summed E-state index contributed by atoms with van der Waals surface area (Å²) in [5.41, 5.74) is 1.13. The van der Waals surface area contributed by atoms with E-state index in [9.17, 15) is 10.3 Å². The van der Waals surface area contributed by atoms with Crippen molar-refractivity contribution >= 4 is 10.9 Å². The maximum absolute atomic E-state index is 12.3. The summed E-state index contributed by atoms with van der Waals surface area (Å²) in [5, 5.41) is 23.1. The van der Waals surface area contributed by atoms with Gasteiger partial charge < -0.3 is 10.3 Å². The number of hydrogen-bond donors (Lipinski definition) is 1. The lowest BCUT2D eigenvalue weighted by atomic mass is 10.1. The number of para-hydroxylation sites is 1. The quantitative estimate of drug-likeness (QED) is 0.442. The Kier molecular flexibility index (Phi) is 5.85. The van der Waals surface area contributed by atoms with Crippen molar-refractivity contribution in [3.05, 3.63) is 41.2 Å². The summed E-state index contributed by atoms with van der Waals surface area (Å²) in [6.07, 6.45) is 9.10. The van der Waals surface area contributed by atoms with Crippen LogP contribution in [0.3, 0.4) is 0 Å². The molecule has 0 aliphatic heterocycles. The van der Waals surface area contributed by atoms with Crippen LogP contribution in [0.2, 0.25) is 0 Å². The average molecular weight is 287 g/mol. The number of pyridine rings is 1. The van der Waals surface area contributed by atoms with Crippen LogP contribution in [0.5, 0.6) is 5.75 Å². The minimum Gasteiger partial charge on any atom is -0.618 e. The molecular weight excluding hydrogens is 262 g/mol. The highest BCUT2D eigenvalue weighted by atomic mass is 16.5. The van der Waals surface area contributed by atoms with E-state index in [-0.39, 0.29) is 5.75 Å². The second-order valence-electron chi connectivity index (χ2n) is 5.70. The Morgan fingerprint density at radius 3 is 2.43 bits per heavy atom. The van der Waals surface area contributed by atoms with Gasteiger partial charge in [0.1, 0.15) is 0 Å². The third-order valence-electron chi connectivity index (χ3n) is 4.01.